The molecule has 1 heterocycles. The van der Waals surface area contributed by atoms with E-state index in [0.717, 1.165) is 5.56 Å². The van der Waals surface area contributed by atoms with Gasteiger partial charge in [-0.15, -0.1) is 0 Å². The molecule has 2 heteroatoms. The number of nitrogens with zero attached hydrogens (tertiary/aromatic N) is 1. The zero-order valence-electron chi connectivity index (χ0n) is 6.97. The Kier molecular flexibility index (Phi) is 1.82. The molecule has 1 aliphatic rings. The molecule has 1 aromatic rings. The van der Waals surface area contributed by atoms with Crippen molar-refractivity contribution in [1.82, 2.24) is 5.16 Å². The van der Waals surface area contributed by atoms with Crippen LogP contribution in [0.1, 0.15) is 18.4 Å². The average Bonchev–Trinajstić information content (AvgIpc) is 2.57. The minimum atomic E-state index is 0.432. The third-order valence-corrected chi connectivity index (χ3v) is 2.25. The number of hydrogen-bond acceptors (Lipinski definition) is 2. The molecule has 0 fully saturated rings. The minimum Gasteiger partial charge on any atom is -0.364 e. The SMILES string of the molecule is CC1C=CC=CC1c1cnoc1. The molecule has 1 aromatic heterocycles. The highest BCUT2D eigenvalue weighted by molar-refractivity contribution is 5.26. The summed E-state index contributed by atoms with van der Waals surface area (Å²) in [5.74, 6) is 0.968. The normalized spacial score (nSPS) is 27.8. The van der Waals surface area contributed by atoms with Crippen LogP contribution >= 0.6 is 0 Å². The fourth-order valence-corrected chi connectivity index (χ4v) is 1.51. The van der Waals surface area contributed by atoms with Crippen LogP contribution in [-0.2, 0) is 0 Å². The van der Waals surface area contributed by atoms with Gasteiger partial charge in [-0.1, -0.05) is 36.4 Å². The van der Waals surface area contributed by atoms with Crippen molar-refractivity contribution in [2.75, 3.05) is 0 Å². The molecule has 0 aliphatic heterocycles. The van der Waals surface area contributed by atoms with Crippen molar-refractivity contribution < 1.29 is 4.52 Å². The summed E-state index contributed by atoms with van der Waals surface area (Å²) < 4.78 is 4.81. The molecule has 0 bridgehead atoms. The fraction of sp³-hybridized carbons (Fsp3) is 0.300. The molecule has 12 heavy (non-hydrogen) atoms. The van der Waals surface area contributed by atoms with Gasteiger partial charge in [-0.2, -0.15) is 0 Å². The molecular weight excluding hydrogens is 150 g/mol. The minimum absolute atomic E-state index is 0.432. The van der Waals surface area contributed by atoms with Crippen LogP contribution in [0, 0.1) is 5.92 Å². The Labute approximate surface area is 71.6 Å². The Hall–Kier alpha value is -1.31. The molecule has 2 nitrogen and oxygen atoms in total. The number of allylic oxidation sites excluding steroid dienone is 4. The molecule has 0 saturated heterocycles. The van der Waals surface area contributed by atoms with Gasteiger partial charge in [0.25, 0.3) is 0 Å². The van der Waals surface area contributed by atoms with Crippen LogP contribution in [0.5, 0.6) is 0 Å². The lowest BCUT2D eigenvalue weighted by molar-refractivity contribution is 0.418. The summed E-state index contributed by atoms with van der Waals surface area (Å²) in [4.78, 5) is 0. The Morgan fingerprint density at radius 2 is 2.17 bits per heavy atom. The monoisotopic (exact) mass is 161 g/mol. The average molecular weight is 161 g/mol. The lowest BCUT2D eigenvalue weighted by Gasteiger charge is -2.17. The Bertz CT molecular complexity index is 298. The van der Waals surface area contributed by atoms with Crippen molar-refractivity contribution in [3.63, 3.8) is 0 Å². The van der Waals surface area contributed by atoms with E-state index >= 15 is 0 Å². The summed E-state index contributed by atoms with van der Waals surface area (Å²) in [6.45, 7) is 2.19. The molecule has 0 aromatic carbocycles. The van der Waals surface area contributed by atoms with Crippen molar-refractivity contribution >= 4 is 0 Å². The zero-order valence-corrected chi connectivity index (χ0v) is 6.97. The Morgan fingerprint density at radius 3 is 2.83 bits per heavy atom. The van der Waals surface area contributed by atoms with Crippen molar-refractivity contribution in [3.05, 3.63) is 42.3 Å². The standard InChI is InChI=1S/C10H11NO/c1-8-4-2-3-5-10(8)9-6-11-12-7-9/h2-8,10H,1H3. The summed E-state index contributed by atoms with van der Waals surface area (Å²) in [6, 6.07) is 0. The van der Waals surface area contributed by atoms with Gasteiger partial charge in [0.05, 0.1) is 6.20 Å². The Balaban J connectivity index is 2.25. The van der Waals surface area contributed by atoms with Crippen molar-refractivity contribution in [2.24, 2.45) is 5.92 Å². The van der Waals surface area contributed by atoms with E-state index in [1.165, 1.54) is 0 Å². The van der Waals surface area contributed by atoms with Crippen LogP contribution in [0.15, 0.2) is 41.3 Å². The predicted molar refractivity (Wildman–Crippen MR) is 46.7 cm³/mol. The van der Waals surface area contributed by atoms with E-state index in [4.69, 9.17) is 4.52 Å². The second kappa shape index (κ2) is 2.97. The molecule has 2 atom stereocenters. The van der Waals surface area contributed by atoms with E-state index in [2.05, 4.69) is 36.4 Å². The van der Waals surface area contributed by atoms with Crippen LogP contribution in [0.3, 0.4) is 0 Å². The van der Waals surface area contributed by atoms with Crippen LogP contribution in [-0.4, -0.2) is 5.16 Å². The first-order chi connectivity index (χ1) is 5.88. The molecular formula is C10H11NO. The van der Waals surface area contributed by atoms with Gasteiger partial charge in [0.15, 0.2) is 0 Å². The highest BCUT2D eigenvalue weighted by Crippen LogP contribution is 2.28. The molecule has 0 spiro atoms. The molecule has 2 rings (SSSR count). The van der Waals surface area contributed by atoms with Gasteiger partial charge < -0.3 is 4.52 Å². The van der Waals surface area contributed by atoms with Gasteiger partial charge >= 0.3 is 0 Å². The molecule has 0 radical (unpaired) electrons. The van der Waals surface area contributed by atoms with E-state index < -0.39 is 0 Å². The second-order valence-electron chi connectivity index (χ2n) is 3.11. The summed E-state index contributed by atoms with van der Waals surface area (Å²) in [5, 5.41) is 3.70. The van der Waals surface area contributed by atoms with Crippen LogP contribution in [0.2, 0.25) is 0 Å². The summed E-state index contributed by atoms with van der Waals surface area (Å²) in [6.07, 6.45) is 12.0. The van der Waals surface area contributed by atoms with Gasteiger partial charge in [0.2, 0.25) is 0 Å². The first-order valence-electron chi connectivity index (χ1n) is 4.12. The predicted octanol–water partition coefficient (Wildman–Crippen LogP) is 2.52. The first-order valence-corrected chi connectivity index (χ1v) is 4.12. The molecule has 0 N–H and O–H groups in total. The highest BCUT2D eigenvalue weighted by atomic mass is 16.5. The third-order valence-electron chi connectivity index (χ3n) is 2.25. The van der Waals surface area contributed by atoms with Gasteiger partial charge in [-0.3, -0.25) is 0 Å². The van der Waals surface area contributed by atoms with Gasteiger partial charge in [0, 0.05) is 11.5 Å². The topological polar surface area (TPSA) is 26.0 Å². The van der Waals surface area contributed by atoms with Gasteiger partial charge in [-0.25, -0.2) is 0 Å². The van der Waals surface area contributed by atoms with E-state index in [-0.39, 0.29) is 0 Å². The van der Waals surface area contributed by atoms with Crippen molar-refractivity contribution in [1.29, 1.82) is 0 Å². The van der Waals surface area contributed by atoms with E-state index in [1.54, 1.807) is 12.5 Å². The smallest absolute Gasteiger partial charge is 0.127 e. The zero-order chi connectivity index (χ0) is 8.39. The molecule has 0 amide bonds. The summed E-state index contributed by atoms with van der Waals surface area (Å²) >= 11 is 0. The maximum atomic E-state index is 4.81. The second-order valence-corrected chi connectivity index (χ2v) is 3.11. The van der Waals surface area contributed by atoms with E-state index in [1.807, 2.05) is 0 Å². The quantitative estimate of drug-likeness (QED) is 0.632. The van der Waals surface area contributed by atoms with E-state index in [0.29, 0.717) is 11.8 Å². The lowest BCUT2D eigenvalue weighted by atomic mass is 9.86. The van der Waals surface area contributed by atoms with Crippen LogP contribution in [0.4, 0.5) is 0 Å². The number of aromatic nitrogens is 1. The van der Waals surface area contributed by atoms with Crippen molar-refractivity contribution in [3.8, 4) is 0 Å². The lowest BCUT2D eigenvalue weighted by Crippen LogP contribution is -2.05. The third kappa shape index (κ3) is 1.20. The maximum absolute atomic E-state index is 4.81. The number of rotatable bonds is 1. The molecule has 62 valence electrons. The summed E-state index contributed by atoms with van der Waals surface area (Å²) in [7, 11) is 0. The molecule has 1 aliphatic carbocycles. The molecule has 0 saturated carbocycles. The van der Waals surface area contributed by atoms with Crippen LogP contribution < -0.4 is 0 Å². The first kappa shape index (κ1) is 7.35. The maximum Gasteiger partial charge on any atom is 0.127 e. The molecule has 2 unspecified atom stereocenters. The summed E-state index contributed by atoms with van der Waals surface area (Å²) in [5.41, 5.74) is 1.16. The van der Waals surface area contributed by atoms with Crippen LogP contribution in [0.25, 0.3) is 0 Å². The largest absolute Gasteiger partial charge is 0.364 e. The number of hydrogen-bond donors (Lipinski definition) is 0. The van der Waals surface area contributed by atoms with Crippen molar-refractivity contribution in [2.45, 2.75) is 12.8 Å². The highest BCUT2D eigenvalue weighted by Gasteiger charge is 2.17. The van der Waals surface area contributed by atoms with Gasteiger partial charge in [-0.05, 0) is 5.92 Å². The van der Waals surface area contributed by atoms with Gasteiger partial charge in [0.1, 0.15) is 6.26 Å². The Morgan fingerprint density at radius 1 is 1.33 bits per heavy atom. The van der Waals surface area contributed by atoms with E-state index in [9.17, 15) is 0 Å². The fourth-order valence-electron chi connectivity index (χ4n) is 1.51.